The van der Waals surface area contributed by atoms with E-state index in [-0.39, 0.29) is 12.3 Å². The number of likely N-dealkylation sites (N-methyl/N-ethyl adjacent to an activating group) is 1. The Hall–Kier alpha value is -3.90. The predicted octanol–water partition coefficient (Wildman–Crippen LogP) is 3.34. The maximum absolute atomic E-state index is 12.1. The van der Waals surface area contributed by atoms with Crippen LogP contribution in [0.5, 0.6) is 0 Å². The highest BCUT2D eigenvalue weighted by atomic mass is 16.3. The van der Waals surface area contributed by atoms with E-state index in [9.17, 15) is 4.79 Å². The largest absolute Gasteiger partial charge is 0.459 e. The van der Waals surface area contributed by atoms with Crippen LogP contribution in [-0.2, 0) is 17.8 Å². The van der Waals surface area contributed by atoms with E-state index in [1.165, 1.54) is 5.69 Å². The second-order valence-electron chi connectivity index (χ2n) is 9.15. The lowest BCUT2D eigenvalue weighted by Gasteiger charge is -2.34. The molecule has 1 fully saturated rings. The number of fused-ring (bicyclic) bond motifs is 1. The van der Waals surface area contributed by atoms with E-state index >= 15 is 0 Å². The maximum Gasteiger partial charge on any atom is 0.237 e. The third-order valence-electron chi connectivity index (χ3n) is 6.65. The SMILES string of the molecule is Cc1cnc(Nc2ccc(N3CCN(C)CC3)cc2)nc1-c1cc2c(o1)CCN(C(=O)CC#N)C2. The molecule has 2 aliphatic heterocycles. The van der Waals surface area contributed by atoms with Crippen LogP contribution in [-0.4, -0.2) is 65.4 Å². The molecule has 0 saturated carbocycles. The number of hydrogen-bond acceptors (Lipinski definition) is 8. The van der Waals surface area contributed by atoms with E-state index in [0.29, 0.717) is 31.2 Å². The molecular formula is C26H29N7O2. The number of nitrogens with zero attached hydrogens (tertiary/aromatic N) is 6. The highest BCUT2D eigenvalue weighted by Crippen LogP contribution is 2.31. The Morgan fingerprint density at radius 2 is 1.94 bits per heavy atom. The summed E-state index contributed by atoms with van der Waals surface area (Å²) in [4.78, 5) is 27.8. The van der Waals surface area contributed by atoms with E-state index in [2.05, 4.69) is 51.4 Å². The van der Waals surface area contributed by atoms with E-state index in [1.54, 1.807) is 11.1 Å². The fourth-order valence-electron chi connectivity index (χ4n) is 4.54. The first kappa shape index (κ1) is 22.9. The number of carbonyl (C=O) groups is 1. The molecule has 0 radical (unpaired) electrons. The lowest BCUT2D eigenvalue weighted by Crippen LogP contribution is -2.44. The van der Waals surface area contributed by atoms with Crippen molar-refractivity contribution in [2.24, 2.45) is 0 Å². The quantitative estimate of drug-likeness (QED) is 0.605. The van der Waals surface area contributed by atoms with Crippen LogP contribution in [0.2, 0.25) is 0 Å². The minimum absolute atomic E-state index is 0.101. The van der Waals surface area contributed by atoms with Gasteiger partial charge in [0.25, 0.3) is 0 Å². The highest BCUT2D eigenvalue weighted by Gasteiger charge is 2.25. The van der Waals surface area contributed by atoms with Gasteiger partial charge in [-0.3, -0.25) is 4.79 Å². The number of nitriles is 1. The predicted molar refractivity (Wildman–Crippen MR) is 133 cm³/mol. The number of benzene rings is 1. The molecule has 2 aliphatic rings. The number of carbonyl (C=O) groups excluding carboxylic acids is 1. The molecule has 1 saturated heterocycles. The highest BCUT2D eigenvalue weighted by molar-refractivity contribution is 5.78. The van der Waals surface area contributed by atoms with Gasteiger partial charge >= 0.3 is 0 Å². The minimum atomic E-state index is -0.149. The molecule has 0 unspecified atom stereocenters. The molecule has 1 amide bonds. The van der Waals surface area contributed by atoms with Crippen LogP contribution in [0.15, 0.2) is 40.9 Å². The Kier molecular flexibility index (Phi) is 6.38. The first-order chi connectivity index (χ1) is 17.0. The third kappa shape index (κ3) is 4.98. The summed E-state index contributed by atoms with van der Waals surface area (Å²) in [6.07, 6.45) is 2.31. The molecule has 35 heavy (non-hydrogen) atoms. The van der Waals surface area contributed by atoms with Crippen LogP contribution in [0, 0.1) is 18.3 Å². The number of nitrogens with one attached hydrogen (secondary N) is 1. The second kappa shape index (κ2) is 9.76. The molecule has 0 atom stereocenters. The summed E-state index contributed by atoms with van der Waals surface area (Å²) in [7, 11) is 2.16. The van der Waals surface area contributed by atoms with Gasteiger partial charge in [0.1, 0.15) is 17.9 Å². The fraction of sp³-hybridized carbons (Fsp3) is 0.385. The van der Waals surface area contributed by atoms with E-state index in [0.717, 1.165) is 54.4 Å². The van der Waals surface area contributed by atoms with Crippen molar-refractivity contribution in [3.05, 3.63) is 53.4 Å². The average Bonchev–Trinajstić information content (AvgIpc) is 3.29. The van der Waals surface area contributed by atoms with Crippen LogP contribution < -0.4 is 10.2 Å². The number of piperazine rings is 1. The summed E-state index contributed by atoms with van der Waals surface area (Å²) in [6.45, 7) is 7.17. The van der Waals surface area contributed by atoms with Crippen LogP contribution in [0.3, 0.4) is 0 Å². The fourth-order valence-corrected chi connectivity index (χ4v) is 4.54. The zero-order chi connectivity index (χ0) is 24.4. The number of furan rings is 1. The standard InChI is InChI=1S/C26H29N7O2/c1-18-16-28-26(29-20-3-5-21(6-4-20)32-13-11-31(2)12-14-32)30-25(18)23-15-19-17-33(24(34)7-9-27)10-8-22(19)35-23/h3-6,15-16H,7-8,10-14,17H2,1-2H3,(H,28,29,30). The van der Waals surface area contributed by atoms with Crippen molar-refractivity contribution in [1.82, 2.24) is 19.8 Å². The summed E-state index contributed by atoms with van der Waals surface area (Å²) in [6, 6.07) is 12.2. The van der Waals surface area contributed by atoms with Crippen molar-refractivity contribution < 1.29 is 9.21 Å². The lowest BCUT2D eigenvalue weighted by molar-refractivity contribution is -0.131. The van der Waals surface area contributed by atoms with Crippen molar-refractivity contribution in [3.63, 3.8) is 0 Å². The van der Waals surface area contributed by atoms with Gasteiger partial charge in [0, 0.05) is 68.8 Å². The smallest absolute Gasteiger partial charge is 0.237 e. The normalized spacial score (nSPS) is 16.0. The summed E-state index contributed by atoms with van der Waals surface area (Å²) in [5.41, 5.74) is 4.73. The van der Waals surface area contributed by atoms with Gasteiger partial charge in [-0.15, -0.1) is 0 Å². The molecular weight excluding hydrogens is 442 g/mol. The van der Waals surface area contributed by atoms with Crippen molar-refractivity contribution in [2.45, 2.75) is 26.3 Å². The third-order valence-corrected chi connectivity index (χ3v) is 6.65. The Morgan fingerprint density at radius 1 is 1.17 bits per heavy atom. The van der Waals surface area contributed by atoms with Gasteiger partial charge in [0.2, 0.25) is 11.9 Å². The van der Waals surface area contributed by atoms with Crippen LogP contribution in [0.4, 0.5) is 17.3 Å². The first-order valence-electron chi connectivity index (χ1n) is 11.9. The molecule has 4 heterocycles. The molecule has 180 valence electrons. The number of aryl methyl sites for hydroxylation is 1. The van der Waals surface area contributed by atoms with Gasteiger partial charge in [0.15, 0.2) is 5.76 Å². The first-order valence-corrected chi connectivity index (χ1v) is 11.9. The summed E-state index contributed by atoms with van der Waals surface area (Å²) in [5, 5.41) is 12.1. The van der Waals surface area contributed by atoms with Gasteiger partial charge in [-0.2, -0.15) is 5.26 Å². The lowest BCUT2D eigenvalue weighted by atomic mass is 10.1. The minimum Gasteiger partial charge on any atom is -0.459 e. The molecule has 0 spiro atoms. The zero-order valence-corrected chi connectivity index (χ0v) is 20.1. The molecule has 9 heteroatoms. The number of amides is 1. The molecule has 3 aromatic rings. The number of hydrogen-bond donors (Lipinski definition) is 1. The molecule has 9 nitrogen and oxygen atoms in total. The Bertz CT molecular complexity index is 1250. The molecule has 1 aromatic carbocycles. The molecule has 0 aliphatic carbocycles. The van der Waals surface area contributed by atoms with Gasteiger partial charge in [-0.1, -0.05) is 0 Å². The number of anilines is 3. The topological polar surface area (TPSA) is 102 Å². The monoisotopic (exact) mass is 471 g/mol. The van der Waals surface area contributed by atoms with Gasteiger partial charge in [-0.05, 0) is 49.9 Å². The molecule has 1 N–H and O–H groups in total. The molecule has 2 aromatic heterocycles. The Morgan fingerprint density at radius 3 is 2.69 bits per heavy atom. The van der Waals surface area contributed by atoms with E-state index in [4.69, 9.17) is 14.7 Å². The number of aromatic nitrogens is 2. The average molecular weight is 472 g/mol. The van der Waals surface area contributed by atoms with Crippen LogP contribution in [0.25, 0.3) is 11.5 Å². The summed E-state index contributed by atoms with van der Waals surface area (Å²) in [5.74, 6) is 1.88. The summed E-state index contributed by atoms with van der Waals surface area (Å²) >= 11 is 0. The van der Waals surface area contributed by atoms with E-state index < -0.39 is 0 Å². The Balaban J connectivity index is 1.30. The second-order valence-corrected chi connectivity index (χ2v) is 9.15. The Labute approximate surface area is 205 Å². The van der Waals surface area contributed by atoms with Crippen LogP contribution in [0.1, 0.15) is 23.3 Å². The molecule has 0 bridgehead atoms. The zero-order valence-electron chi connectivity index (χ0n) is 20.1. The van der Waals surface area contributed by atoms with Gasteiger partial charge in [0.05, 0.1) is 6.07 Å². The van der Waals surface area contributed by atoms with Crippen molar-refractivity contribution in [3.8, 4) is 17.5 Å². The summed E-state index contributed by atoms with van der Waals surface area (Å²) < 4.78 is 6.13. The van der Waals surface area contributed by atoms with Gasteiger partial charge < -0.3 is 24.4 Å². The van der Waals surface area contributed by atoms with Crippen LogP contribution >= 0.6 is 0 Å². The molecule has 5 rings (SSSR count). The van der Waals surface area contributed by atoms with Crippen molar-refractivity contribution in [2.75, 3.05) is 50.0 Å². The number of rotatable bonds is 5. The van der Waals surface area contributed by atoms with Crippen molar-refractivity contribution in [1.29, 1.82) is 5.26 Å². The van der Waals surface area contributed by atoms with Crippen molar-refractivity contribution >= 4 is 23.2 Å². The van der Waals surface area contributed by atoms with E-state index in [1.807, 2.05) is 19.1 Å². The maximum atomic E-state index is 12.1. The van der Waals surface area contributed by atoms with Gasteiger partial charge in [-0.25, -0.2) is 9.97 Å².